The predicted octanol–water partition coefficient (Wildman–Crippen LogP) is 1.48. The summed E-state index contributed by atoms with van der Waals surface area (Å²) in [6, 6.07) is 5.82. The first-order valence-electron chi connectivity index (χ1n) is 8.71. The Morgan fingerprint density at radius 3 is 2.79 bits per heavy atom. The van der Waals surface area contributed by atoms with E-state index in [-0.39, 0.29) is 11.9 Å². The second kappa shape index (κ2) is 6.13. The number of amides is 1. The van der Waals surface area contributed by atoms with Gasteiger partial charge in [0.15, 0.2) is 0 Å². The predicted molar refractivity (Wildman–Crippen MR) is 91.3 cm³/mol. The van der Waals surface area contributed by atoms with Gasteiger partial charge in [0, 0.05) is 37.3 Å². The lowest BCUT2D eigenvalue weighted by Gasteiger charge is -2.24. The molecule has 1 aromatic rings. The van der Waals surface area contributed by atoms with E-state index in [1.807, 2.05) is 0 Å². The van der Waals surface area contributed by atoms with Crippen LogP contribution in [0.15, 0.2) is 23.1 Å². The van der Waals surface area contributed by atoms with Gasteiger partial charge in [0.25, 0.3) is 0 Å². The van der Waals surface area contributed by atoms with Crippen LogP contribution in [0.1, 0.15) is 37.7 Å². The number of benzene rings is 1. The summed E-state index contributed by atoms with van der Waals surface area (Å²) in [7, 11) is -3.49. The minimum Gasteiger partial charge on any atom is -0.326 e. The van der Waals surface area contributed by atoms with Gasteiger partial charge < -0.3 is 10.6 Å². The molecular formula is C17H23N3O3S. The molecule has 0 radical (unpaired) electrons. The number of nitrogens with one attached hydrogen (secondary N) is 2. The van der Waals surface area contributed by atoms with Gasteiger partial charge in [-0.15, -0.1) is 0 Å². The van der Waals surface area contributed by atoms with E-state index in [2.05, 4.69) is 10.6 Å². The van der Waals surface area contributed by atoms with E-state index in [1.165, 1.54) is 0 Å². The van der Waals surface area contributed by atoms with Crippen molar-refractivity contribution in [2.75, 3.05) is 18.4 Å². The van der Waals surface area contributed by atoms with E-state index in [0.717, 1.165) is 43.4 Å². The summed E-state index contributed by atoms with van der Waals surface area (Å²) in [5, 5.41) is 6.37. The van der Waals surface area contributed by atoms with Gasteiger partial charge in [-0.05, 0) is 55.9 Å². The third-order valence-corrected chi connectivity index (χ3v) is 7.19. The van der Waals surface area contributed by atoms with Crippen LogP contribution in [0.25, 0.3) is 0 Å². The zero-order valence-electron chi connectivity index (χ0n) is 13.6. The summed E-state index contributed by atoms with van der Waals surface area (Å²) in [5.74, 6) is -0.000949. The minimum absolute atomic E-state index is 0.000949. The Balaban J connectivity index is 1.62. The van der Waals surface area contributed by atoms with Crippen LogP contribution in [0.2, 0.25) is 0 Å². The van der Waals surface area contributed by atoms with Crippen molar-refractivity contribution in [3.05, 3.63) is 23.8 Å². The molecule has 2 saturated heterocycles. The second-order valence-electron chi connectivity index (χ2n) is 7.01. The summed E-state index contributed by atoms with van der Waals surface area (Å²) >= 11 is 0. The fraction of sp³-hybridized carbons (Fsp3) is 0.588. The number of rotatable bonds is 2. The number of carbonyl (C=O) groups is 1. The van der Waals surface area contributed by atoms with Crippen molar-refractivity contribution in [1.29, 1.82) is 0 Å². The maximum absolute atomic E-state index is 13.1. The van der Waals surface area contributed by atoms with Gasteiger partial charge in [-0.1, -0.05) is 0 Å². The molecule has 3 aliphatic rings. The lowest BCUT2D eigenvalue weighted by atomic mass is 10.1. The van der Waals surface area contributed by atoms with Crippen LogP contribution in [-0.2, 0) is 21.2 Å². The van der Waals surface area contributed by atoms with Gasteiger partial charge >= 0.3 is 0 Å². The molecule has 2 bridgehead atoms. The van der Waals surface area contributed by atoms with Crippen molar-refractivity contribution in [2.24, 2.45) is 0 Å². The highest BCUT2D eigenvalue weighted by Gasteiger charge is 2.35. The number of carbonyl (C=O) groups excluding carboxylic acids is 1. The summed E-state index contributed by atoms with van der Waals surface area (Å²) in [6.07, 6.45) is 5.03. The first-order valence-corrected chi connectivity index (χ1v) is 10.2. The molecular weight excluding hydrogens is 326 g/mol. The topological polar surface area (TPSA) is 78.5 Å². The Kier molecular flexibility index (Phi) is 4.10. The van der Waals surface area contributed by atoms with Crippen molar-refractivity contribution in [3.8, 4) is 0 Å². The van der Waals surface area contributed by atoms with Gasteiger partial charge in [-0.3, -0.25) is 4.79 Å². The number of nitrogens with zero attached hydrogens (tertiary/aromatic N) is 1. The Bertz CT molecular complexity index is 762. The molecule has 6 nitrogen and oxygen atoms in total. The number of aryl methyl sites for hydroxylation is 1. The molecule has 2 fully saturated rings. The van der Waals surface area contributed by atoms with Crippen LogP contribution in [0, 0.1) is 0 Å². The van der Waals surface area contributed by atoms with Crippen LogP contribution >= 0.6 is 0 Å². The average Bonchev–Trinajstić information content (AvgIpc) is 2.75. The van der Waals surface area contributed by atoms with Crippen molar-refractivity contribution < 1.29 is 13.2 Å². The molecule has 24 heavy (non-hydrogen) atoms. The molecule has 0 aliphatic carbocycles. The van der Waals surface area contributed by atoms with E-state index >= 15 is 0 Å². The van der Waals surface area contributed by atoms with Crippen LogP contribution < -0.4 is 10.6 Å². The molecule has 2 N–H and O–H groups in total. The zero-order chi connectivity index (χ0) is 16.7. The summed E-state index contributed by atoms with van der Waals surface area (Å²) in [6.45, 7) is 1.12. The number of anilines is 1. The highest BCUT2D eigenvalue weighted by Crippen LogP contribution is 2.29. The maximum atomic E-state index is 13.1. The molecule has 3 heterocycles. The number of sulfonamides is 1. The fourth-order valence-electron chi connectivity index (χ4n) is 3.99. The van der Waals surface area contributed by atoms with E-state index in [4.69, 9.17) is 0 Å². The Morgan fingerprint density at radius 1 is 1.08 bits per heavy atom. The van der Waals surface area contributed by atoms with E-state index in [1.54, 1.807) is 22.5 Å². The van der Waals surface area contributed by atoms with Crippen molar-refractivity contribution >= 4 is 21.6 Å². The minimum atomic E-state index is -3.49. The van der Waals surface area contributed by atoms with Crippen molar-refractivity contribution in [3.63, 3.8) is 0 Å². The smallest absolute Gasteiger partial charge is 0.243 e. The maximum Gasteiger partial charge on any atom is 0.243 e. The van der Waals surface area contributed by atoms with Crippen molar-refractivity contribution in [1.82, 2.24) is 9.62 Å². The molecule has 1 aromatic carbocycles. The van der Waals surface area contributed by atoms with E-state index in [9.17, 15) is 13.2 Å². The first kappa shape index (κ1) is 16.1. The van der Waals surface area contributed by atoms with Crippen LogP contribution in [-0.4, -0.2) is 43.8 Å². The van der Waals surface area contributed by atoms with E-state index in [0.29, 0.717) is 30.4 Å². The monoisotopic (exact) mass is 349 g/mol. The Morgan fingerprint density at radius 2 is 1.92 bits per heavy atom. The van der Waals surface area contributed by atoms with Crippen LogP contribution in [0.4, 0.5) is 5.69 Å². The van der Waals surface area contributed by atoms with Gasteiger partial charge in [0.05, 0.1) is 4.90 Å². The molecule has 4 rings (SSSR count). The largest absolute Gasteiger partial charge is 0.326 e. The summed E-state index contributed by atoms with van der Waals surface area (Å²) < 4.78 is 27.8. The highest BCUT2D eigenvalue weighted by atomic mass is 32.2. The molecule has 2 unspecified atom stereocenters. The fourth-order valence-corrected chi connectivity index (χ4v) is 5.54. The SMILES string of the molecule is O=C1CCCc2cc(S(=O)(=O)N3CCC4CCC(C3)N4)ccc2N1. The molecule has 130 valence electrons. The molecule has 1 amide bonds. The molecule has 3 aliphatic heterocycles. The van der Waals surface area contributed by atoms with E-state index < -0.39 is 10.0 Å². The number of hydrogen-bond donors (Lipinski definition) is 2. The second-order valence-corrected chi connectivity index (χ2v) is 8.95. The van der Waals surface area contributed by atoms with Crippen LogP contribution in [0.5, 0.6) is 0 Å². The standard InChI is InChI=1S/C17H23N3O3S/c21-17-3-1-2-12-10-15(6-7-16(12)19-17)24(22,23)20-9-8-13-4-5-14(11-20)18-13/h6-7,10,13-14,18H,1-5,8-9,11H2,(H,19,21). The lowest BCUT2D eigenvalue weighted by molar-refractivity contribution is -0.116. The van der Waals surface area contributed by atoms with Crippen molar-refractivity contribution in [2.45, 2.75) is 55.5 Å². The number of hydrogen-bond acceptors (Lipinski definition) is 4. The third-order valence-electron chi connectivity index (χ3n) is 5.32. The highest BCUT2D eigenvalue weighted by molar-refractivity contribution is 7.89. The molecule has 0 saturated carbocycles. The van der Waals surface area contributed by atoms with Gasteiger partial charge in [0.1, 0.15) is 0 Å². The quantitative estimate of drug-likeness (QED) is 0.848. The summed E-state index contributed by atoms with van der Waals surface area (Å²) in [4.78, 5) is 12.0. The zero-order valence-corrected chi connectivity index (χ0v) is 14.4. The Hall–Kier alpha value is -1.44. The number of fused-ring (bicyclic) bond motifs is 3. The molecule has 0 spiro atoms. The molecule has 7 heteroatoms. The van der Waals surface area contributed by atoms with Crippen LogP contribution in [0.3, 0.4) is 0 Å². The summed E-state index contributed by atoms with van der Waals surface area (Å²) in [5.41, 5.74) is 1.66. The van der Waals surface area contributed by atoms with Gasteiger partial charge in [-0.25, -0.2) is 8.42 Å². The van der Waals surface area contributed by atoms with Gasteiger partial charge in [0.2, 0.25) is 15.9 Å². The first-order chi connectivity index (χ1) is 11.5. The average molecular weight is 349 g/mol. The lowest BCUT2D eigenvalue weighted by Crippen LogP contribution is -2.39. The third kappa shape index (κ3) is 2.96. The molecule has 0 aromatic heterocycles. The normalized spacial score (nSPS) is 27.9. The molecule has 2 atom stereocenters. The Labute approximate surface area is 142 Å². The van der Waals surface area contributed by atoms with Gasteiger partial charge in [-0.2, -0.15) is 4.31 Å².